The lowest BCUT2D eigenvalue weighted by Gasteiger charge is -2.26. The van der Waals surface area contributed by atoms with Gasteiger partial charge in [0.2, 0.25) is 15.9 Å². The highest BCUT2D eigenvalue weighted by Crippen LogP contribution is 2.24. The van der Waals surface area contributed by atoms with E-state index in [2.05, 4.69) is 5.32 Å². The summed E-state index contributed by atoms with van der Waals surface area (Å²) in [6.45, 7) is 5.35. The Balaban J connectivity index is 1.68. The van der Waals surface area contributed by atoms with Crippen LogP contribution in [0.15, 0.2) is 47.4 Å². The molecule has 0 aromatic heterocycles. The fourth-order valence-corrected chi connectivity index (χ4v) is 4.49. The summed E-state index contributed by atoms with van der Waals surface area (Å²) in [5.74, 6) is -0.135. The van der Waals surface area contributed by atoms with E-state index in [0.717, 1.165) is 11.1 Å². The van der Waals surface area contributed by atoms with Crippen LogP contribution >= 0.6 is 0 Å². The molecule has 2 aromatic carbocycles. The van der Waals surface area contributed by atoms with Crippen molar-refractivity contribution in [3.05, 3.63) is 59.2 Å². The van der Waals surface area contributed by atoms with Crippen LogP contribution in [0.5, 0.6) is 0 Å². The molecule has 150 valence electrons. The van der Waals surface area contributed by atoms with E-state index in [1.54, 1.807) is 18.2 Å². The smallest absolute Gasteiger partial charge is 0.243 e. The zero-order valence-electron chi connectivity index (χ0n) is 16.3. The average Bonchev–Trinajstić information content (AvgIpc) is 2.70. The minimum atomic E-state index is -3.59. The number of sulfonamides is 1. The average molecular weight is 403 g/mol. The first-order valence-electron chi connectivity index (χ1n) is 9.40. The molecule has 1 amide bonds. The lowest BCUT2D eigenvalue weighted by Crippen LogP contribution is -2.40. The van der Waals surface area contributed by atoms with Crippen LogP contribution in [0, 0.1) is 13.8 Å². The van der Waals surface area contributed by atoms with Gasteiger partial charge in [0, 0.05) is 25.2 Å². The quantitative estimate of drug-likeness (QED) is 0.806. The Kier molecular flexibility index (Phi) is 6.49. The van der Waals surface area contributed by atoms with E-state index in [4.69, 9.17) is 4.74 Å². The molecule has 0 radical (unpaired) electrons. The molecule has 0 saturated carbocycles. The molecule has 28 heavy (non-hydrogen) atoms. The number of morpholine rings is 1. The van der Waals surface area contributed by atoms with Gasteiger partial charge in [-0.25, -0.2) is 8.42 Å². The van der Waals surface area contributed by atoms with Crippen molar-refractivity contribution < 1.29 is 17.9 Å². The second-order valence-electron chi connectivity index (χ2n) is 7.03. The summed E-state index contributed by atoms with van der Waals surface area (Å²) < 4.78 is 32.3. The van der Waals surface area contributed by atoms with Crippen molar-refractivity contribution in [1.29, 1.82) is 0 Å². The van der Waals surface area contributed by atoms with Crippen molar-refractivity contribution in [3.8, 4) is 0 Å². The van der Waals surface area contributed by atoms with E-state index in [-0.39, 0.29) is 10.8 Å². The zero-order chi connectivity index (χ0) is 20.1. The van der Waals surface area contributed by atoms with E-state index in [1.165, 1.54) is 9.87 Å². The van der Waals surface area contributed by atoms with Crippen molar-refractivity contribution in [3.63, 3.8) is 0 Å². The number of anilines is 1. The summed E-state index contributed by atoms with van der Waals surface area (Å²) >= 11 is 0. The minimum Gasteiger partial charge on any atom is -0.379 e. The predicted octanol–water partition coefficient (Wildman–Crippen LogP) is 2.90. The molecule has 2 aromatic rings. The first-order chi connectivity index (χ1) is 13.4. The Morgan fingerprint density at radius 3 is 2.43 bits per heavy atom. The summed E-state index contributed by atoms with van der Waals surface area (Å²) in [5, 5.41) is 2.86. The van der Waals surface area contributed by atoms with Gasteiger partial charge in [0.15, 0.2) is 0 Å². The van der Waals surface area contributed by atoms with Gasteiger partial charge in [-0.3, -0.25) is 4.79 Å². The number of carbonyl (C=O) groups excluding carboxylic acids is 1. The molecular weight excluding hydrogens is 376 g/mol. The molecule has 1 saturated heterocycles. The molecule has 1 fully saturated rings. The van der Waals surface area contributed by atoms with Crippen molar-refractivity contribution in [2.45, 2.75) is 31.6 Å². The fourth-order valence-electron chi connectivity index (χ4n) is 3.06. The molecule has 1 heterocycles. The molecule has 1 aliphatic heterocycles. The molecule has 3 rings (SSSR count). The third-order valence-corrected chi connectivity index (χ3v) is 6.75. The van der Waals surface area contributed by atoms with Gasteiger partial charge >= 0.3 is 0 Å². The molecular formula is C21H26N2O4S. The second-order valence-corrected chi connectivity index (χ2v) is 8.96. The highest BCUT2D eigenvalue weighted by molar-refractivity contribution is 7.89. The number of carbonyl (C=O) groups is 1. The number of nitrogens with zero attached hydrogens (tertiary/aromatic N) is 1. The number of ether oxygens (including phenoxy) is 1. The van der Waals surface area contributed by atoms with Crippen LogP contribution in [0.2, 0.25) is 0 Å². The van der Waals surface area contributed by atoms with Gasteiger partial charge in [-0.1, -0.05) is 35.9 Å². The molecule has 0 bridgehead atoms. The summed E-state index contributed by atoms with van der Waals surface area (Å²) in [5.41, 5.74) is 3.64. The van der Waals surface area contributed by atoms with Crippen LogP contribution in [0.25, 0.3) is 0 Å². The topological polar surface area (TPSA) is 75.7 Å². The number of hydrogen-bond donors (Lipinski definition) is 1. The summed E-state index contributed by atoms with van der Waals surface area (Å²) in [6, 6.07) is 12.9. The molecule has 0 unspecified atom stereocenters. The Morgan fingerprint density at radius 2 is 1.75 bits per heavy atom. The molecule has 1 N–H and O–H groups in total. The Bertz CT molecular complexity index is 933. The maximum Gasteiger partial charge on any atom is 0.243 e. The lowest BCUT2D eigenvalue weighted by atomic mass is 10.1. The van der Waals surface area contributed by atoms with Crippen molar-refractivity contribution in [1.82, 2.24) is 4.31 Å². The van der Waals surface area contributed by atoms with Crippen LogP contribution in [0.4, 0.5) is 5.69 Å². The third kappa shape index (κ3) is 4.98. The van der Waals surface area contributed by atoms with Gasteiger partial charge in [0.05, 0.1) is 18.1 Å². The van der Waals surface area contributed by atoms with Gasteiger partial charge in [-0.05, 0) is 43.5 Å². The van der Waals surface area contributed by atoms with Crippen LogP contribution in [-0.2, 0) is 26.0 Å². The summed E-state index contributed by atoms with van der Waals surface area (Å²) in [6.07, 6.45) is 0.972. The molecule has 7 heteroatoms. The number of aryl methyl sites for hydroxylation is 3. The number of rotatable bonds is 6. The zero-order valence-corrected chi connectivity index (χ0v) is 17.1. The molecule has 0 aliphatic carbocycles. The normalized spacial score (nSPS) is 15.4. The molecule has 1 aliphatic rings. The Labute approximate surface area is 166 Å². The monoisotopic (exact) mass is 402 g/mol. The van der Waals surface area contributed by atoms with Crippen molar-refractivity contribution in [2.75, 3.05) is 31.6 Å². The van der Waals surface area contributed by atoms with Crippen LogP contribution in [0.3, 0.4) is 0 Å². The first kappa shape index (κ1) is 20.5. The van der Waals surface area contributed by atoms with Gasteiger partial charge in [-0.2, -0.15) is 4.31 Å². The van der Waals surface area contributed by atoms with E-state index in [1.807, 2.05) is 38.1 Å². The minimum absolute atomic E-state index is 0.135. The lowest BCUT2D eigenvalue weighted by molar-refractivity contribution is -0.116. The van der Waals surface area contributed by atoms with E-state index in [9.17, 15) is 13.2 Å². The van der Waals surface area contributed by atoms with Gasteiger partial charge in [0.1, 0.15) is 0 Å². The Hall–Kier alpha value is -2.22. The molecule has 0 spiro atoms. The summed E-state index contributed by atoms with van der Waals surface area (Å²) in [4.78, 5) is 12.6. The Morgan fingerprint density at radius 1 is 1.07 bits per heavy atom. The van der Waals surface area contributed by atoms with Gasteiger partial charge < -0.3 is 10.1 Å². The molecule has 6 nitrogen and oxygen atoms in total. The van der Waals surface area contributed by atoms with E-state index < -0.39 is 10.0 Å². The van der Waals surface area contributed by atoms with Crippen LogP contribution in [0.1, 0.15) is 23.1 Å². The number of benzene rings is 2. The SMILES string of the molecule is Cc1ccc(CCC(=O)Nc2cc(S(=O)(=O)N3CCOCC3)ccc2C)cc1. The fraction of sp³-hybridized carbons (Fsp3) is 0.381. The number of hydrogen-bond acceptors (Lipinski definition) is 4. The summed E-state index contributed by atoms with van der Waals surface area (Å²) in [7, 11) is -3.59. The first-order valence-corrected chi connectivity index (χ1v) is 10.8. The highest BCUT2D eigenvalue weighted by Gasteiger charge is 2.26. The maximum atomic E-state index is 12.8. The second kappa shape index (κ2) is 8.86. The predicted molar refractivity (Wildman–Crippen MR) is 109 cm³/mol. The largest absolute Gasteiger partial charge is 0.379 e. The van der Waals surface area contributed by atoms with Crippen LogP contribution < -0.4 is 5.32 Å². The maximum absolute atomic E-state index is 12.8. The third-order valence-electron chi connectivity index (χ3n) is 4.85. The standard InChI is InChI=1S/C21H26N2O4S/c1-16-3-6-18(7-4-16)8-10-21(24)22-20-15-19(9-5-17(20)2)28(25,26)23-11-13-27-14-12-23/h3-7,9,15H,8,10-14H2,1-2H3,(H,22,24). The van der Waals surface area contributed by atoms with Crippen LogP contribution in [-0.4, -0.2) is 44.9 Å². The number of nitrogens with one attached hydrogen (secondary N) is 1. The van der Waals surface area contributed by atoms with Gasteiger partial charge in [-0.15, -0.1) is 0 Å². The number of amides is 1. The van der Waals surface area contributed by atoms with Crippen molar-refractivity contribution >= 4 is 21.6 Å². The van der Waals surface area contributed by atoms with Crippen molar-refractivity contribution in [2.24, 2.45) is 0 Å². The van der Waals surface area contributed by atoms with E-state index in [0.29, 0.717) is 44.8 Å². The molecule has 0 atom stereocenters. The highest BCUT2D eigenvalue weighted by atomic mass is 32.2. The van der Waals surface area contributed by atoms with Gasteiger partial charge in [0.25, 0.3) is 0 Å². The van der Waals surface area contributed by atoms with E-state index >= 15 is 0 Å².